The summed E-state index contributed by atoms with van der Waals surface area (Å²) in [6, 6.07) is 5.87. The smallest absolute Gasteiger partial charge is 0.187 e. The third kappa shape index (κ3) is 9.89. The topological polar surface area (TPSA) is 336 Å². The highest BCUT2D eigenvalue weighted by atomic mass is 16.8. The summed E-state index contributed by atoms with van der Waals surface area (Å²) in [7, 11) is 0. The first-order valence-corrected chi connectivity index (χ1v) is 18.3. The van der Waals surface area contributed by atoms with Crippen LogP contribution in [0.1, 0.15) is 31.2 Å². The van der Waals surface area contributed by atoms with Crippen LogP contribution in [0, 0.1) is 0 Å². The van der Waals surface area contributed by atoms with E-state index in [0.717, 1.165) is 19.3 Å². The van der Waals surface area contributed by atoms with E-state index in [9.17, 15) is 35.7 Å². The van der Waals surface area contributed by atoms with Gasteiger partial charge in [0.05, 0.1) is 31.4 Å². The first-order valence-electron chi connectivity index (χ1n) is 18.3. The lowest BCUT2D eigenvalue weighted by molar-refractivity contribution is -0.312. The van der Waals surface area contributed by atoms with E-state index in [2.05, 4.69) is 12.1 Å². The zero-order chi connectivity index (χ0) is 38.4. The number of ether oxygens (including phenoxy) is 7. The van der Waals surface area contributed by atoms with Gasteiger partial charge in [0.25, 0.3) is 0 Å². The second kappa shape index (κ2) is 19.6. The molecule has 3 heterocycles. The molecule has 0 spiro atoms. The predicted octanol–water partition coefficient (Wildman–Crippen LogP) is -5.42. The fourth-order valence-electron chi connectivity index (χ4n) is 7.33. The Hall–Kier alpha value is -1.54. The molecule has 0 unspecified atom stereocenters. The van der Waals surface area contributed by atoms with E-state index < -0.39 is 129 Å². The minimum Gasteiger partial charge on any atom is -0.394 e. The molecule has 4 aliphatic rings. The molecule has 4 fully saturated rings. The van der Waals surface area contributed by atoms with E-state index in [-0.39, 0.29) is 19.6 Å². The summed E-state index contributed by atoms with van der Waals surface area (Å²) in [4.78, 5) is 0. The highest BCUT2D eigenvalue weighted by Crippen LogP contribution is 2.35. The van der Waals surface area contributed by atoms with E-state index in [4.69, 9.17) is 61.8 Å². The molecule has 0 amide bonds. The van der Waals surface area contributed by atoms with Crippen LogP contribution in [-0.2, 0) is 39.6 Å². The summed E-state index contributed by atoms with van der Waals surface area (Å²) in [5.41, 5.74) is 32.1. The van der Waals surface area contributed by atoms with E-state index in [1.807, 2.05) is 18.2 Å². The Labute approximate surface area is 308 Å². The van der Waals surface area contributed by atoms with Gasteiger partial charge in [-0.3, -0.25) is 0 Å². The summed E-state index contributed by atoms with van der Waals surface area (Å²) in [6.07, 6.45) is -15.8. The van der Waals surface area contributed by atoms with Crippen LogP contribution in [0.3, 0.4) is 0 Å². The van der Waals surface area contributed by atoms with Crippen molar-refractivity contribution in [2.24, 2.45) is 28.7 Å². The summed E-state index contributed by atoms with van der Waals surface area (Å²) >= 11 is 0. The average Bonchev–Trinajstić information content (AvgIpc) is 3.48. The number of rotatable bonds is 16. The Morgan fingerprint density at radius 3 is 1.77 bits per heavy atom. The van der Waals surface area contributed by atoms with Crippen molar-refractivity contribution in [3.8, 4) is 0 Å². The van der Waals surface area contributed by atoms with E-state index in [0.29, 0.717) is 6.42 Å². The van der Waals surface area contributed by atoms with Crippen molar-refractivity contribution < 1.29 is 68.9 Å². The lowest BCUT2D eigenvalue weighted by Crippen LogP contribution is -2.68. The number of hydrogen-bond donors (Lipinski definition) is 12. The number of aryl methyl sites for hydroxylation is 1. The van der Waals surface area contributed by atoms with E-state index in [1.54, 1.807) is 0 Å². The van der Waals surface area contributed by atoms with Crippen LogP contribution < -0.4 is 28.7 Å². The standard InChI is InChI=1S/C34H59N5O14/c35-12-18-24(43)26(45)21(38)32(48-18)52-29-20(14-41)50-34(31(29)47-10-6-2-5-9-15-7-3-1-4-8-15)53-30-23(42)16(36)11-17(37)28(30)51-33-22(39)27(46)25(44)19(13-40)49-33/h1,3-4,7-8,16-34,40-46H,2,5-6,9-14,35-39H2/t16-,17+,18+,19-,20-,21-,22-,23+,24-,25-,26-,27-,28-,29-,30-,31-,32-,33-,34+/m1/s1. The van der Waals surface area contributed by atoms with Gasteiger partial charge in [-0.2, -0.15) is 0 Å². The van der Waals surface area contributed by atoms with Crippen LogP contribution in [0.4, 0.5) is 0 Å². The maximum atomic E-state index is 11.4. The summed E-state index contributed by atoms with van der Waals surface area (Å²) in [6.45, 7) is -1.15. The van der Waals surface area contributed by atoms with Gasteiger partial charge in [0.15, 0.2) is 18.9 Å². The number of hydrogen-bond acceptors (Lipinski definition) is 19. The van der Waals surface area contributed by atoms with Crippen LogP contribution in [0.15, 0.2) is 30.3 Å². The van der Waals surface area contributed by atoms with Crippen LogP contribution in [-0.4, -0.2) is 178 Å². The van der Waals surface area contributed by atoms with Gasteiger partial charge in [-0.25, -0.2) is 0 Å². The lowest BCUT2D eigenvalue weighted by Gasteiger charge is -2.47. The molecule has 0 radical (unpaired) electrons. The number of aliphatic hydroxyl groups excluding tert-OH is 7. The maximum Gasteiger partial charge on any atom is 0.187 e. The Bertz CT molecular complexity index is 1230. The maximum absolute atomic E-state index is 11.4. The number of benzene rings is 1. The molecule has 0 aromatic heterocycles. The highest BCUT2D eigenvalue weighted by Gasteiger charge is 2.55. The zero-order valence-corrected chi connectivity index (χ0v) is 29.6. The molecule has 19 atom stereocenters. The molecule has 1 aromatic rings. The molecule has 1 saturated carbocycles. The molecule has 5 rings (SSSR count). The van der Waals surface area contributed by atoms with Gasteiger partial charge in [-0.15, -0.1) is 0 Å². The van der Waals surface area contributed by atoms with Gasteiger partial charge < -0.3 is 97.6 Å². The fraction of sp³-hybridized carbons (Fsp3) is 0.824. The second-order valence-electron chi connectivity index (χ2n) is 14.3. The average molecular weight is 762 g/mol. The molecule has 0 bridgehead atoms. The SMILES string of the molecule is NC[C@@H]1O[C@H](O[C@H]2[C@@H](OCCCCCc3ccccc3)[C@H](O[C@@H]3[C@@H](O)[C@H](N)C[C@H](N)[C@H]3O[C@H]3O[C@H](CO)[C@@H](O)[C@H](O)[C@H]3N)O[C@@H]2CO)[C@H](N)[C@@H](O)[C@@H]1O. The summed E-state index contributed by atoms with van der Waals surface area (Å²) in [5, 5.41) is 73.3. The van der Waals surface area contributed by atoms with Gasteiger partial charge in [0.1, 0.15) is 67.1 Å². The Balaban J connectivity index is 1.34. The van der Waals surface area contributed by atoms with Gasteiger partial charge in [0, 0.05) is 25.2 Å². The van der Waals surface area contributed by atoms with Gasteiger partial charge >= 0.3 is 0 Å². The van der Waals surface area contributed by atoms with Gasteiger partial charge in [0.2, 0.25) is 0 Å². The first-order chi connectivity index (χ1) is 25.4. The van der Waals surface area contributed by atoms with E-state index in [1.165, 1.54) is 5.56 Å². The quantitative estimate of drug-likeness (QED) is 0.0699. The van der Waals surface area contributed by atoms with E-state index >= 15 is 0 Å². The van der Waals surface area contributed by atoms with Crippen LogP contribution in [0.5, 0.6) is 0 Å². The zero-order valence-electron chi connectivity index (χ0n) is 29.6. The molecule has 3 saturated heterocycles. The van der Waals surface area contributed by atoms with Gasteiger partial charge in [-0.05, 0) is 31.2 Å². The molecular weight excluding hydrogens is 702 g/mol. The van der Waals surface area contributed by atoms with Crippen molar-refractivity contribution in [3.05, 3.63) is 35.9 Å². The largest absolute Gasteiger partial charge is 0.394 e. The first kappa shape index (κ1) is 42.6. The van der Waals surface area contributed by atoms with Crippen molar-refractivity contribution in [2.45, 2.75) is 148 Å². The van der Waals surface area contributed by atoms with Crippen molar-refractivity contribution in [1.29, 1.82) is 0 Å². The molecule has 19 heteroatoms. The summed E-state index contributed by atoms with van der Waals surface area (Å²) in [5.74, 6) is 0. The predicted molar refractivity (Wildman–Crippen MR) is 184 cm³/mol. The molecule has 17 N–H and O–H groups in total. The highest BCUT2D eigenvalue weighted by molar-refractivity contribution is 5.14. The van der Waals surface area contributed by atoms with Crippen LogP contribution >= 0.6 is 0 Å². The number of unbranched alkanes of at least 4 members (excludes halogenated alkanes) is 2. The molecule has 1 aromatic carbocycles. The molecule has 19 nitrogen and oxygen atoms in total. The number of aliphatic hydroxyl groups is 7. The Kier molecular flexibility index (Phi) is 15.7. The lowest BCUT2D eigenvalue weighted by atomic mass is 9.84. The molecule has 304 valence electrons. The molecule has 1 aliphatic carbocycles. The Morgan fingerprint density at radius 2 is 1.15 bits per heavy atom. The second-order valence-corrected chi connectivity index (χ2v) is 14.3. The number of nitrogens with two attached hydrogens (primary N) is 5. The van der Waals surface area contributed by atoms with Crippen molar-refractivity contribution in [3.63, 3.8) is 0 Å². The van der Waals surface area contributed by atoms with Crippen molar-refractivity contribution >= 4 is 0 Å². The minimum absolute atomic E-state index is 0.0923. The Morgan fingerprint density at radius 1 is 0.585 bits per heavy atom. The molecule has 3 aliphatic heterocycles. The van der Waals surface area contributed by atoms with Crippen molar-refractivity contribution in [1.82, 2.24) is 0 Å². The monoisotopic (exact) mass is 761 g/mol. The molecular formula is C34H59N5O14. The normalized spacial score (nSPS) is 45.0. The molecule has 53 heavy (non-hydrogen) atoms. The third-order valence-electron chi connectivity index (χ3n) is 10.6. The fourth-order valence-corrected chi connectivity index (χ4v) is 7.33. The van der Waals surface area contributed by atoms with Crippen LogP contribution in [0.2, 0.25) is 0 Å². The van der Waals surface area contributed by atoms with Crippen molar-refractivity contribution in [2.75, 3.05) is 26.4 Å². The van der Waals surface area contributed by atoms with Crippen LogP contribution in [0.25, 0.3) is 0 Å². The minimum atomic E-state index is -1.52. The summed E-state index contributed by atoms with van der Waals surface area (Å²) < 4.78 is 42.7. The van der Waals surface area contributed by atoms with Gasteiger partial charge in [-0.1, -0.05) is 36.8 Å². The third-order valence-corrected chi connectivity index (χ3v) is 10.6.